The molecule has 2 aromatic carbocycles. The van der Waals surface area contributed by atoms with Crippen molar-refractivity contribution < 1.29 is 0 Å². The molecule has 0 fully saturated rings. The Morgan fingerprint density at radius 1 is 1.00 bits per heavy atom. The Morgan fingerprint density at radius 3 is 2.44 bits per heavy atom. The third-order valence-corrected chi connectivity index (χ3v) is 3.11. The molecule has 0 aliphatic carbocycles. The zero-order valence-corrected chi connectivity index (χ0v) is 10.2. The number of halogens is 1. The number of hydrogen-bond donors (Lipinski definition) is 1. The van der Waals surface area contributed by atoms with E-state index in [9.17, 15) is 0 Å². The molecule has 82 valence electrons. The fourth-order valence-electron chi connectivity index (χ4n) is 1.80. The molecule has 0 saturated heterocycles. The monoisotopic (exact) mass is 231 g/mol. The van der Waals surface area contributed by atoms with E-state index >= 15 is 0 Å². The van der Waals surface area contributed by atoms with Gasteiger partial charge in [-0.3, -0.25) is 0 Å². The van der Waals surface area contributed by atoms with Gasteiger partial charge >= 0.3 is 0 Å². The lowest BCUT2D eigenvalue weighted by atomic mass is 9.98. The van der Waals surface area contributed by atoms with E-state index in [1.165, 1.54) is 11.1 Å². The molecule has 0 spiro atoms. The molecule has 2 aromatic rings. The van der Waals surface area contributed by atoms with Crippen LogP contribution in [0.2, 0.25) is 5.02 Å². The summed E-state index contributed by atoms with van der Waals surface area (Å²) in [6.07, 6.45) is 0. The standard InChI is InChI=1S/C14H14ClN/c1-9-7-14(15)10(2)6-13(9)11-4-3-5-12(16)8-11/h3-8H,16H2,1-2H3. The minimum Gasteiger partial charge on any atom is -0.399 e. The minimum atomic E-state index is 0.782. The van der Waals surface area contributed by atoms with Crippen molar-refractivity contribution in [3.05, 3.63) is 52.5 Å². The summed E-state index contributed by atoms with van der Waals surface area (Å²) in [4.78, 5) is 0. The largest absolute Gasteiger partial charge is 0.399 e. The maximum absolute atomic E-state index is 6.08. The molecule has 2 N–H and O–H groups in total. The van der Waals surface area contributed by atoms with E-state index in [1.54, 1.807) is 0 Å². The molecule has 2 rings (SSSR count). The van der Waals surface area contributed by atoms with E-state index in [4.69, 9.17) is 17.3 Å². The Balaban J connectivity index is 2.60. The SMILES string of the molecule is Cc1cc(-c2cccc(N)c2)c(C)cc1Cl. The first-order valence-corrected chi connectivity index (χ1v) is 5.58. The van der Waals surface area contributed by atoms with Crippen molar-refractivity contribution in [2.45, 2.75) is 13.8 Å². The highest BCUT2D eigenvalue weighted by atomic mass is 35.5. The van der Waals surface area contributed by atoms with Crippen LogP contribution in [0.5, 0.6) is 0 Å². The second kappa shape index (κ2) is 4.18. The summed E-state index contributed by atoms with van der Waals surface area (Å²) in [5, 5.41) is 0.810. The van der Waals surface area contributed by atoms with Gasteiger partial charge < -0.3 is 5.73 Å². The van der Waals surface area contributed by atoms with Gasteiger partial charge in [-0.1, -0.05) is 23.7 Å². The summed E-state index contributed by atoms with van der Waals surface area (Å²) < 4.78 is 0. The highest BCUT2D eigenvalue weighted by Gasteiger charge is 2.05. The van der Waals surface area contributed by atoms with Gasteiger partial charge in [-0.2, -0.15) is 0 Å². The summed E-state index contributed by atoms with van der Waals surface area (Å²) >= 11 is 6.08. The van der Waals surface area contributed by atoms with Crippen LogP contribution in [0.4, 0.5) is 5.69 Å². The molecular formula is C14H14ClN. The average Bonchev–Trinajstić information content (AvgIpc) is 2.23. The van der Waals surface area contributed by atoms with Gasteiger partial charge in [-0.15, -0.1) is 0 Å². The summed E-state index contributed by atoms with van der Waals surface area (Å²) in [6, 6.07) is 12.0. The van der Waals surface area contributed by atoms with Crippen LogP contribution in [0.1, 0.15) is 11.1 Å². The molecule has 0 bridgehead atoms. The highest BCUT2D eigenvalue weighted by Crippen LogP contribution is 2.29. The Kier molecular flexibility index (Phi) is 2.88. The third kappa shape index (κ3) is 2.05. The topological polar surface area (TPSA) is 26.0 Å². The second-order valence-electron chi connectivity index (χ2n) is 4.04. The predicted molar refractivity (Wildman–Crippen MR) is 70.8 cm³/mol. The van der Waals surface area contributed by atoms with Crippen molar-refractivity contribution in [2.24, 2.45) is 0 Å². The number of rotatable bonds is 1. The number of anilines is 1. The minimum absolute atomic E-state index is 0.782. The first-order valence-electron chi connectivity index (χ1n) is 5.20. The van der Waals surface area contributed by atoms with E-state index in [2.05, 4.69) is 19.1 Å². The molecule has 2 heteroatoms. The first kappa shape index (κ1) is 11.0. The summed E-state index contributed by atoms with van der Waals surface area (Å²) in [5.41, 5.74) is 11.2. The van der Waals surface area contributed by atoms with Crippen LogP contribution >= 0.6 is 11.6 Å². The molecular weight excluding hydrogens is 218 g/mol. The number of benzene rings is 2. The van der Waals surface area contributed by atoms with Crippen molar-refractivity contribution in [1.29, 1.82) is 0 Å². The van der Waals surface area contributed by atoms with Gasteiger partial charge in [-0.05, 0) is 60.4 Å². The van der Waals surface area contributed by atoms with Gasteiger partial charge in [0.2, 0.25) is 0 Å². The predicted octanol–water partition coefficient (Wildman–Crippen LogP) is 4.21. The Hall–Kier alpha value is -1.47. The number of aryl methyl sites for hydroxylation is 2. The average molecular weight is 232 g/mol. The molecule has 0 saturated carbocycles. The van der Waals surface area contributed by atoms with Crippen molar-refractivity contribution in [2.75, 3.05) is 5.73 Å². The Bertz CT molecular complexity index is 532. The third-order valence-electron chi connectivity index (χ3n) is 2.70. The molecule has 0 aliphatic rings. The lowest BCUT2D eigenvalue weighted by molar-refractivity contribution is 1.39. The molecule has 0 aliphatic heterocycles. The number of nitrogens with two attached hydrogens (primary N) is 1. The maximum Gasteiger partial charge on any atom is 0.0438 e. The number of hydrogen-bond acceptors (Lipinski definition) is 1. The van der Waals surface area contributed by atoms with Gasteiger partial charge in [0.05, 0.1) is 0 Å². The van der Waals surface area contributed by atoms with Gasteiger partial charge in [0, 0.05) is 10.7 Å². The molecule has 0 heterocycles. The van der Waals surface area contributed by atoms with Crippen LogP contribution < -0.4 is 5.73 Å². The zero-order valence-electron chi connectivity index (χ0n) is 9.42. The molecule has 0 atom stereocenters. The van der Waals surface area contributed by atoms with Crippen molar-refractivity contribution in [3.63, 3.8) is 0 Å². The van der Waals surface area contributed by atoms with Crippen LogP contribution in [-0.2, 0) is 0 Å². The van der Waals surface area contributed by atoms with Gasteiger partial charge in [0.25, 0.3) is 0 Å². The maximum atomic E-state index is 6.08. The molecule has 1 nitrogen and oxygen atoms in total. The fourth-order valence-corrected chi connectivity index (χ4v) is 2.02. The van der Waals surface area contributed by atoms with E-state index in [0.29, 0.717) is 0 Å². The Morgan fingerprint density at radius 2 is 1.75 bits per heavy atom. The molecule has 0 radical (unpaired) electrons. The Labute approximate surface area is 101 Å². The van der Waals surface area contributed by atoms with Crippen LogP contribution in [0, 0.1) is 13.8 Å². The second-order valence-corrected chi connectivity index (χ2v) is 4.45. The van der Waals surface area contributed by atoms with Crippen LogP contribution in [-0.4, -0.2) is 0 Å². The smallest absolute Gasteiger partial charge is 0.0438 e. The van der Waals surface area contributed by atoms with Crippen molar-refractivity contribution >= 4 is 17.3 Å². The van der Waals surface area contributed by atoms with Crippen LogP contribution in [0.15, 0.2) is 36.4 Å². The lowest BCUT2D eigenvalue weighted by Crippen LogP contribution is -1.89. The molecule has 0 aromatic heterocycles. The van der Waals surface area contributed by atoms with Crippen molar-refractivity contribution in [3.8, 4) is 11.1 Å². The fraction of sp³-hybridized carbons (Fsp3) is 0.143. The van der Waals surface area contributed by atoms with E-state index in [-0.39, 0.29) is 0 Å². The lowest BCUT2D eigenvalue weighted by Gasteiger charge is -2.09. The zero-order chi connectivity index (χ0) is 11.7. The summed E-state index contributed by atoms with van der Waals surface area (Å²) in [7, 11) is 0. The van der Waals surface area contributed by atoms with Crippen LogP contribution in [0.25, 0.3) is 11.1 Å². The molecule has 0 unspecified atom stereocenters. The normalized spacial score (nSPS) is 10.4. The van der Waals surface area contributed by atoms with Gasteiger partial charge in [0.15, 0.2) is 0 Å². The summed E-state index contributed by atoms with van der Waals surface area (Å²) in [6.45, 7) is 4.07. The highest BCUT2D eigenvalue weighted by molar-refractivity contribution is 6.31. The quantitative estimate of drug-likeness (QED) is 0.732. The number of nitrogen functional groups attached to an aromatic ring is 1. The van der Waals surface area contributed by atoms with E-state index < -0.39 is 0 Å². The summed E-state index contributed by atoms with van der Waals surface area (Å²) in [5.74, 6) is 0. The van der Waals surface area contributed by atoms with Crippen LogP contribution in [0.3, 0.4) is 0 Å². The first-order chi connectivity index (χ1) is 7.58. The molecule has 0 amide bonds. The van der Waals surface area contributed by atoms with E-state index in [1.807, 2.05) is 31.2 Å². The molecule has 16 heavy (non-hydrogen) atoms. The van der Waals surface area contributed by atoms with Crippen molar-refractivity contribution in [1.82, 2.24) is 0 Å². The van der Waals surface area contributed by atoms with Gasteiger partial charge in [0.1, 0.15) is 0 Å². The van der Waals surface area contributed by atoms with E-state index in [0.717, 1.165) is 21.8 Å². The van der Waals surface area contributed by atoms with Gasteiger partial charge in [-0.25, -0.2) is 0 Å².